The van der Waals surface area contributed by atoms with Gasteiger partial charge in [-0.1, -0.05) is 6.42 Å². The second-order valence-electron chi connectivity index (χ2n) is 5.53. The summed E-state index contributed by atoms with van der Waals surface area (Å²) in [5, 5.41) is 8.87. The van der Waals surface area contributed by atoms with Gasteiger partial charge < -0.3 is 20.3 Å². The van der Waals surface area contributed by atoms with Gasteiger partial charge in [-0.05, 0) is 38.1 Å². The molecule has 2 rings (SSSR count). The van der Waals surface area contributed by atoms with Crippen molar-refractivity contribution in [2.45, 2.75) is 19.3 Å². The van der Waals surface area contributed by atoms with E-state index >= 15 is 0 Å². The molecule has 0 aromatic heterocycles. The maximum atomic E-state index is 11.7. The van der Waals surface area contributed by atoms with Gasteiger partial charge in [0.15, 0.2) is 6.61 Å². The number of piperidine rings is 1. The van der Waals surface area contributed by atoms with E-state index in [0.717, 1.165) is 25.9 Å². The fourth-order valence-corrected chi connectivity index (χ4v) is 2.45. The van der Waals surface area contributed by atoms with Gasteiger partial charge in [-0.3, -0.25) is 9.69 Å². The maximum Gasteiger partial charge on any atom is 0.349 e. The van der Waals surface area contributed by atoms with E-state index in [0.29, 0.717) is 0 Å². The number of hydrogen-bond acceptors (Lipinski definition) is 7. The van der Waals surface area contributed by atoms with Crippen LogP contribution in [0.2, 0.25) is 0 Å². The fraction of sp³-hybridized carbons (Fsp3) is 0.438. The van der Waals surface area contributed by atoms with E-state index in [1.165, 1.54) is 24.6 Å². The number of anilines is 1. The van der Waals surface area contributed by atoms with Crippen LogP contribution in [0.15, 0.2) is 18.2 Å². The highest BCUT2D eigenvalue weighted by atomic mass is 16.6. The van der Waals surface area contributed by atoms with Crippen molar-refractivity contribution in [3.05, 3.63) is 23.8 Å². The number of aromatic carboxylic acids is 1. The van der Waals surface area contributed by atoms with Crippen LogP contribution in [-0.2, 0) is 14.3 Å². The molecule has 0 unspecified atom stereocenters. The minimum Gasteiger partial charge on any atom is -0.478 e. The Morgan fingerprint density at radius 2 is 1.83 bits per heavy atom. The number of ether oxygens (including phenoxy) is 2. The molecule has 0 spiro atoms. The maximum absolute atomic E-state index is 11.7. The quantitative estimate of drug-likeness (QED) is 0.447. The normalized spacial score (nSPS) is 14.8. The van der Waals surface area contributed by atoms with E-state index in [-0.39, 0.29) is 23.5 Å². The highest BCUT2D eigenvalue weighted by Crippen LogP contribution is 2.20. The Balaban J connectivity index is 1.77. The zero-order valence-corrected chi connectivity index (χ0v) is 13.2. The van der Waals surface area contributed by atoms with E-state index in [9.17, 15) is 14.4 Å². The molecule has 1 fully saturated rings. The van der Waals surface area contributed by atoms with Crippen LogP contribution in [0.3, 0.4) is 0 Å². The molecule has 24 heavy (non-hydrogen) atoms. The van der Waals surface area contributed by atoms with Crippen LogP contribution in [0.1, 0.15) is 29.6 Å². The van der Waals surface area contributed by atoms with Crippen molar-refractivity contribution in [3.8, 4) is 5.75 Å². The van der Waals surface area contributed by atoms with Gasteiger partial charge in [-0.15, -0.1) is 0 Å². The number of nitrogens with two attached hydrogens (primary N) is 1. The molecule has 8 heteroatoms. The number of benzene rings is 1. The number of carboxylic acid groups (broad SMARTS) is 1. The molecule has 130 valence electrons. The molecule has 3 N–H and O–H groups in total. The Bertz CT molecular complexity index is 625. The van der Waals surface area contributed by atoms with Crippen molar-refractivity contribution in [1.29, 1.82) is 0 Å². The number of carbonyl (C=O) groups excluding carboxylic acids is 2. The Kier molecular flexibility index (Phi) is 6.14. The number of rotatable bonds is 6. The lowest BCUT2D eigenvalue weighted by Crippen LogP contribution is -2.36. The molecular weight excluding hydrogens is 316 g/mol. The second kappa shape index (κ2) is 8.30. The van der Waals surface area contributed by atoms with Gasteiger partial charge in [-0.2, -0.15) is 0 Å². The molecule has 0 aliphatic carbocycles. The highest BCUT2D eigenvalue weighted by molar-refractivity contribution is 5.94. The number of hydrogen-bond donors (Lipinski definition) is 2. The molecule has 1 aliphatic heterocycles. The van der Waals surface area contributed by atoms with Gasteiger partial charge in [0.2, 0.25) is 0 Å². The molecule has 1 aromatic rings. The van der Waals surface area contributed by atoms with Crippen LogP contribution in [0.4, 0.5) is 5.69 Å². The first-order valence-corrected chi connectivity index (χ1v) is 7.67. The van der Waals surface area contributed by atoms with Gasteiger partial charge >= 0.3 is 17.9 Å². The summed E-state index contributed by atoms with van der Waals surface area (Å²) < 4.78 is 9.86. The van der Waals surface area contributed by atoms with Crippen LogP contribution in [-0.4, -0.2) is 54.2 Å². The first-order chi connectivity index (χ1) is 11.5. The molecule has 0 amide bonds. The van der Waals surface area contributed by atoms with Crippen LogP contribution < -0.4 is 10.5 Å². The molecular formula is C16H20N2O6. The standard InChI is InChI=1S/C16H20N2O6/c17-13-8-11(4-5-12(13)16(21)22)24-15(20)10-23-14(19)9-18-6-2-1-3-7-18/h4-5,8H,1-3,6-7,9-10,17H2,(H,21,22). The summed E-state index contributed by atoms with van der Waals surface area (Å²) in [6.45, 7) is 1.37. The molecule has 0 radical (unpaired) electrons. The molecule has 8 nitrogen and oxygen atoms in total. The summed E-state index contributed by atoms with van der Waals surface area (Å²) in [4.78, 5) is 36.2. The third kappa shape index (κ3) is 5.24. The lowest BCUT2D eigenvalue weighted by molar-refractivity contribution is -0.154. The molecule has 1 aliphatic rings. The van der Waals surface area contributed by atoms with E-state index in [1.54, 1.807) is 0 Å². The number of nitrogens with zero attached hydrogens (tertiary/aromatic N) is 1. The lowest BCUT2D eigenvalue weighted by atomic mass is 10.1. The smallest absolute Gasteiger partial charge is 0.349 e. The molecule has 0 bridgehead atoms. The Morgan fingerprint density at radius 1 is 1.12 bits per heavy atom. The fourth-order valence-electron chi connectivity index (χ4n) is 2.45. The average Bonchev–Trinajstić information content (AvgIpc) is 2.53. The zero-order valence-electron chi connectivity index (χ0n) is 13.2. The molecule has 0 saturated carbocycles. The lowest BCUT2D eigenvalue weighted by Gasteiger charge is -2.25. The van der Waals surface area contributed by atoms with Gasteiger partial charge in [0.05, 0.1) is 12.1 Å². The minimum atomic E-state index is -1.17. The molecule has 1 aromatic carbocycles. The predicted octanol–water partition coefficient (Wildman–Crippen LogP) is 0.901. The van der Waals surface area contributed by atoms with Crippen molar-refractivity contribution in [2.24, 2.45) is 0 Å². The Hall–Kier alpha value is -2.61. The monoisotopic (exact) mass is 336 g/mol. The van der Waals surface area contributed by atoms with Gasteiger partial charge in [-0.25, -0.2) is 9.59 Å². The Labute approximate surface area is 139 Å². The van der Waals surface area contributed by atoms with Crippen molar-refractivity contribution in [2.75, 3.05) is 32.0 Å². The SMILES string of the molecule is Nc1cc(OC(=O)COC(=O)CN2CCCCC2)ccc1C(=O)O. The minimum absolute atomic E-state index is 0.0186. The average molecular weight is 336 g/mol. The second-order valence-corrected chi connectivity index (χ2v) is 5.53. The summed E-state index contributed by atoms with van der Waals surface area (Å²) in [6, 6.07) is 3.78. The van der Waals surface area contributed by atoms with Crippen LogP contribution in [0, 0.1) is 0 Å². The third-order valence-corrected chi connectivity index (χ3v) is 3.64. The van der Waals surface area contributed by atoms with Gasteiger partial charge in [0, 0.05) is 11.8 Å². The summed E-state index contributed by atoms with van der Waals surface area (Å²) in [6.07, 6.45) is 3.29. The van der Waals surface area contributed by atoms with Gasteiger partial charge in [0.1, 0.15) is 5.75 Å². The Morgan fingerprint density at radius 3 is 2.46 bits per heavy atom. The van der Waals surface area contributed by atoms with E-state index in [1.807, 2.05) is 4.90 Å². The van der Waals surface area contributed by atoms with Crippen molar-refractivity contribution >= 4 is 23.6 Å². The first-order valence-electron chi connectivity index (χ1n) is 7.67. The topological polar surface area (TPSA) is 119 Å². The third-order valence-electron chi connectivity index (χ3n) is 3.64. The number of likely N-dealkylation sites (tertiary alicyclic amines) is 1. The molecule has 0 atom stereocenters. The van der Waals surface area contributed by atoms with E-state index in [4.69, 9.17) is 20.3 Å². The number of nitrogen functional groups attached to an aromatic ring is 1. The summed E-state index contributed by atoms with van der Waals surface area (Å²) in [5.74, 6) is -2.31. The van der Waals surface area contributed by atoms with Crippen LogP contribution >= 0.6 is 0 Å². The predicted molar refractivity (Wildman–Crippen MR) is 84.7 cm³/mol. The zero-order chi connectivity index (χ0) is 17.5. The summed E-state index contributed by atoms with van der Waals surface area (Å²) >= 11 is 0. The van der Waals surface area contributed by atoms with Crippen LogP contribution in [0.25, 0.3) is 0 Å². The number of carboxylic acids is 1. The van der Waals surface area contributed by atoms with Crippen molar-refractivity contribution in [1.82, 2.24) is 4.90 Å². The van der Waals surface area contributed by atoms with E-state index < -0.39 is 24.5 Å². The first kappa shape index (κ1) is 17.7. The molecule has 1 saturated heterocycles. The summed E-state index contributed by atoms with van der Waals surface area (Å²) in [7, 11) is 0. The number of esters is 2. The van der Waals surface area contributed by atoms with E-state index in [2.05, 4.69) is 0 Å². The number of carbonyl (C=O) groups is 3. The summed E-state index contributed by atoms with van der Waals surface area (Å²) in [5.41, 5.74) is 5.46. The highest BCUT2D eigenvalue weighted by Gasteiger charge is 2.16. The van der Waals surface area contributed by atoms with Crippen molar-refractivity contribution < 1.29 is 29.0 Å². The largest absolute Gasteiger partial charge is 0.478 e. The van der Waals surface area contributed by atoms with Gasteiger partial charge in [0.25, 0.3) is 0 Å². The molecule has 1 heterocycles. The van der Waals surface area contributed by atoms with Crippen LogP contribution in [0.5, 0.6) is 5.75 Å². The van der Waals surface area contributed by atoms with Crippen molar-refractivity contribution in [3.63, 3.8) is 0 Å².